The zero-order chi connectivity index (χ0) is 8.36. The monoisotopic (exact) mass is 150 g/mol. The molecule has 0 aliphatic heterocycles. The summed E-state index contributed by atoms with van der Waals surface area (Å²) in [4.78, 5) is 19.8. The van der Waals surface area contributed by atoms with Crippen LogP contribution in [0.2, 0.25) is 0 Å². The van der Waals surface area contributed by atoms with E-state index in [0.717, 1.165) is 0 Å². The summed E-state index contributed by atoms with van der Waals surface area (Å²) in [6, 6.07) is -1.22. The summed E-state index contributed by atoms with van der Waals surface area (Å²) in [7, 11) is 0. The Labute approximate surface area is 56.0 Å². The number of carboxylic acids is 1. The Morgan fingerprint density at radius 1 is 1.70 bits per heavy atom. The van der Waals surface area contributed by atoms with E-state index in [1.807, 2.05) is 0 Å². The van der Waals surface area contributed by atoms with Crippen LogP contribution in [0.1, 0.15) is 6.92 Å². The Morgan fingerprint density at radius 3 is 2.20 bits per heavy atom. The Balaban J connectivity index is 4.13. The van der Waals surface area contributed by atoms with E-state index in [2.05, 4.69) is 5.73 Å². The summed E-state index contributed by atoms with van der Waals surface area (Å²) in [6.07, 6.45) is 0. The van der Waals surface area contributed by atoms with E-state index < -0.39 is 17.8 Å². The highest BCUT2D eigenvalue weighted by Crippen LogP contribution is 2.03. The standard InChI is InChI=1S/C4H7FN2O3/c1-4(5,2(8)9)7-3(6)10/h1H3,(H,8,9)(H3,6,7,10). The number of alkyl halides is 1. The Hall–Kier alpha value is -1.33. The van der Waals surface area contributed by atoms with Gasteiger partial charge in [0.2, 0.25) is 0 Å². The minimum Gasteiger partial charge on any atom is -0.477 e. The molecule has 58 valence electrons. The lowest BCUT2D eigenvalue weighted by molar-refractivity contribution is -0.151. The first-order chi connectivity index (χ1) is 4.36. The van der Waals surface area contributed by atoms with Gasteiger partial charge in [0.15, 0.2) is 0 Å². The van der Waals surface area contributed by atoms with Gasteiger partial charge in [-0.25, -0.2) is 14.0 Å². The molecule has 0 radical (unpaired) electrons. The first-order valence-electron chi connectivity index (χ1n) is 2.36. The van der Waals surface area contributed by atoms with Gasteiger partial charge in [-0.15, -0.1) is 0 Å². The molecule has 0 fully saturated rings. The van der Waals surface area contributed by atoms with E-state index in [1.165, 1.54) is 5.32 Å². The molecule has 1 atom stereocenters. The summed E-state index contributed by atoms with van der Waals surface area (Å²) in [5.41, 5.74) is 4.46. The quantitative estimate of drug-likeness (QED) is 0.460. The summed E-state index contributed by atoms with van der Waals surface area (Å²) >= 11 is 0. The molecule has 5 nitrogen and oxygen atoms in total. The van der Waals surface area contributed by atoms with Gasteiger partial charge >= 0.3 is 12.0 Å². The first kappa shape index (κ1) is 8.67. The number of primary amides is 1. The molecule has 0 rings (SSSR count). The number of hydrogen-bond donors (Lipinski definition) is 3. The van der Waals surface area contributed by atoms with Gasteiger partial charge in [0, 0.05) is 0 Å². The van der Waals surface area contributed by atoms with Gasteiger partial charge in [-0.05, 0) is 6.92 Å². The van der Waals surface area contributed by atoms with Gasteiger partial charge in [0.05, 0.1) is 0 Å². The third-order valence-corrected chi connectivity index (χ3v) is 0.760. The van der Waals surface area contributed by atoms with Crippen molar-refractivity contribution in [2.24, 2.45) is 5.73 Å². The number of carbonyl (C=O) groups is 2. The zero-order valence-corrected chi connectivity index (χ0v) is 5.22. The number of urea groups is 1. The van der Waals surface area contributed by atoms with E-state index in [4.69, 9.17) is 5.11 Å². The summed E-state index contributed by atoms with van der Waals surface area (Å²) in [5, 5.41) is 9.44. The summed E-state index contributed by atoms with van der Waals surface area (Å²) < 4.78 is 12.5. The number of aliphatic carboxylic acids is 1. The molecule has 2 amide bonds. The Kier molecular flexibility index (Phi) is 2.17. The lowest BCUT2D eigenvalue weighted by Crippen LogP contribution is -2.50. The van der Waals surface area contributed by atoms with Crippen LogP contribution in [0.25, 0.3) is 0 Å². The predicted octanol–water partition coefficient (Wildman–Crippen LogP) is -0.575. The number of halogens is 1. The molecule has 0 saturated heterocycles. The van der Waals surface area contributed by atoms with Gasteiger partial charge < -0.3 is 10.8 Å². The number of carbonyl (C=O) groups excluding carboxylic acids is 1. The van der Waals surface area contributed by atoms with Gasteiger partial charge in [0.25, 0.3) is 5.79 Å². The van der Waals surface area contributed by atoms with Crippen LogP contribution in [-0.4, -0.2) is 22.9 Å². The molecular formula is C4H7FN2O3. The van der Waals surface area contributed by atoms with Crippen molar-refractivity contribution in [3.05, 3.63) is 0 Å². The number of rotatable bonds is 2. The number of nitrogens with two attached hydrogens (primary N) is 1. The van der Waals surface area contributed by atoms with E-state index in [1.54, 1.807) is 0 Å². The molecule has 1 unspecified atom stereocenters. The fourth-order valence-corrected chi connectivity index (χ4v) is 0.285. The zero-order valence-electron chi connectivity index (χ0n) is 5.22. The van der Waals surface area contributed by atoms with Gasteiger partial charge in [-0.3, -0.25) is 5.32 Å². The molecule has 0 aliphatic rings. The number of nitrogens with one attached hydrogen (secondary N) is 1. The molecular weight excluding hydrogens is 143 g/mol. The molecule has 0 saturated carbocycles. The van der Waals surface area contributed by atoms with Gasteiger partial charge in [-0.2, -0.15) is 0 Å². The second kappa shape index (κ2) is 2.51. The molecule has 0 spiro atoms. The van der Waals surface area contributed by atoms with Crippen LogP contribution >= 0.6 is 0 Å². The van der Waals surface area contributed by atoms with Crippen LogP contribution in [0.15, 0.2) is 0 Å². The average molecular weight is 150 g/mol. The Morgan fingerprint density at radius 2 is 2.10 bits per heavy atom. The van der Waals surface area contributed by atoms with E-state index >= 15 is 0 Å². The fourth-order valence-electron chi connectivity index (χ4n) is 0.285. The maximum Gasteiger partial charge on any atom is 0.362 e. The molecule has 0 heterocycles. The fraction of sp³-hybridized carbons (Fsp3) is 0.500. The predicted molar refractivity (Wildman–Crippen MR) is 29.9 cm³/mol. The SMILES string of the molecule is CC(F)(NC(N)=O)C(=O)O. The molecule has 6 heteroatoms. The summed E-state index contributed by atoms with van der Waals surface area (Å²) in [5.74, 6) is -4.57. The highest BCUT2D eigenvalue weighted by atomic mass is 19.1. The van der Waals surface area contributed by atoms with E-state index in [9.17, 15) is 14.0 Å². The van der Waals surface area contributed by atoms with Crippen LogP contribution < -0.4 is 11.1 Å². The number of amides is 2. The normalized spacial score (nSPS) is 15.4. The van der Waals surface area contributed by atoms with Crippen molar-refractivity contribution in [1.29, 1.82) is 0 Å². The molecule has 0 aromatic rings. The van der Waals surface area contributed by atoms with Crippen LogP contribution in [0.3, 0.4) is 0 Å². The molecule has 10 heavy (non-hydrogen) atoms. The largest absolute Gasteiger partial charge is 0.477 e. The van der Waals surface area contributed by atoms with Crippen molar-refractivity contribution in [2.75, 3.05) is 0 Å². The third kappa shape index (κ3) is 2.29. The maximum atomic E-state index is 12.5. The molecule has 0 aliphatic carbocycles. The minimum atomic E-state index is -2.79. The van der Waals surface area contributed by atoms with Crippen LogP contribution in [0, 0.1) is 0 Å². The highest BCUT2D eigenvalue weighted by molar-refractivity contribution is 5.83. The van der Waals surface area contributed by atoms with Crippen LogP contribution in [0.5, 0.6) is 0 Å². The minimum absolute atomic E-state index is 0.681. The molecule has 0 aromatic carbocycles. The van der Waals surface area contributed by atoms with Crippen molar-refractivity contribution in [3.8, 4) is 0 Å². The number of hydrogen-bond acceptors (Lipinski definition) is 2. The van der Waals surface area contributed by atoms with Crippen LogP contribution in [-0.2, 0) is 4.79 Å². The van der Waals surface area contributed by atoms with Crippen molar-refractivity contribution < 1.29 is 19.1 Å². The van der Waals surface area contributed by atoms with E-state index in [-0.39, 0.29) is 0 Å². The van der Waals surface area contributed by atoms with Crippen molar-refractivity contribution >= 4 is 12.0 Å². The summed E-state index contributed by atoms with van der Waals surface area (Å²) in [6.45, 7) is 0.681. The maximum absolute atomic E-state index is 12.5. The second-order valence-corrected chi connectivity index (χ2v) is 1.80. The van der Waals surface area contributed by atoms with Gasteiger partial charge in [-0.1, -0.05) is 0 Å². The highest BCUT2D eigenvalue weighted by Gasteiger charge is 2.33. The average Bonchev–Trinajstić information content (AvgIpc) is 1.60. The lowest BCUT2D eigenvalue weighted by atomic mass is 10.3. The van der Waals surface area contributed by atoms with Gasteiger partial charge in [0.1, 0.15) is 0 Å². The van der Waals surface area contributed by atoms with Crippen molar-refractivity contribution in [1.82, 2.24) is 5.32 Å². The Bertz CT molecular complexity index is 168. The van der Waals surface area contributed by atoms with Crippen LogP contribution in [0.4, 0.5) is 9.18 Å². The van der Waals surface area contributed by atoms with Crippen molar-refractivity contribution in [2.45, 2.75) is 12.7 Å². The molecule has 0 bridgehead atoms. The third-order valence-electron chi connectivity index (χ3n) is 0.760. The first-order valence-corrected chi connectivity index (χ1v) is 2.36. The lowest BCUT2D eigenvalue weighted by Gasteiger charge is -2.14. The molecule has 0 aromatic heterocycles. The van der Waals surface area contributed by atoms with Crippen molar-refractivity contribution in [3.63, 3.8) is 0 Å². The smallest absolute Gasteiger partial charge is 0.362 e. The number of carboxylic acid groups (broad SMARTS) is 1. The molecule has 4 N–H and O–H groups in total. The second-order valence-electron chi connectivity index (χ2n) is 1.80. The van der Waals surface area contributed by atoms with E-state index in [0.29, 0.717) is 6.92 Å². The topological polar surface area (TPSA) is 92.4 Å².